The average molecular weight is 309 g/mol. The van der Waals surface area contributed by atoms with Gasteiger partial charge in [0.25, 0.3) is 0 Å². The maximum absolute atomic E-state index is 13.5. The minimum atomic E-state index is -1.10. The number of thiophene rings is 1. The second-order valence-corrected chi connectivity index (χ2v) is 5.08. The first-order chi connectivity index (χ1) is 10.0. The number of anilines is 1. The summed E-state index contributed by atoms with van der Waals surface area (Å²) in [4.78, 5) is 22.9. The van der Waals surface area contributed by atoms with E-state index < -0.39 is 17.7 Å². The van der Waals surface area contributed by atoms with Gasteiger partial charge in [0.2, 0.25) is 5.91 Å². The third-order valence-corrected chi connectivity index (χ3v) is 3.62. The molecule has 0 aliphatic rings. The van der Waals surface area contributed by atoms with Crippen LogP contribution in [0.4, 0.5) is 10.1 Å². The Labute approximate surface area is 124 Å². The van der Waals surface area contributed by atoms with Gasteiger partial charge in [-0.05, 0) is 29.1 Å². The Balaban J connectivity index is 2.06. The number of carbonyl (C=O) groups is 2. The van der Waals surface area contributed by atoms with Gasteiger partial charge in [-0.15, -0.1) is 11.3 Å². The SMILES string of the molecule is COc1ccc(CC(=O)Nc2ccsc2C(=O)O)cc1F. The molecule has 0 aliphatic carbocycles. The van der Waals surface area contributed by atoms with Crippen LogP contribution >= 0.6 is 11.3 Å². The molecule has 21 heavy (non-hydrogen) atoms. The summed E-state index contributed by atoms with van der Waals surface area (Å²) in [7, 11) is 1.36. The summed E-state index contributed by atoms with van der Waals surface area (Å²) in [6.45, 7) is 0. The lowest BCUT2D eigenvalue weighted by Gasteiger charge is -2.06. The van der Waals surface area contributed by atoms with E-state index in [-0.39, 0.29) is 22.7 Å². The van der Waals surface area contributed by atoms with Crippen molar-refractivity contribution < 1.29 is 23.8 Å². The fourth-order valence-electron chi connectivity index (χ4n) is 1.77. The lowest BCUT2D eigenvalue weighted by molar-refractivity contribution is -0.115. The number of carboxylic acid groups (broad SMARTS) is 1. The third kappa shape index (κ3) is 3.57. The van der Waals surface area contributed by atoms with Crippen molar-refractivity contribution in [1.82, 2.24) is 0 Å². The van der Waals surface area contributed by atoms with E-state index in [0.29, 0.717) is 5.56 Å². The van der Waals surface area contributed by atoms with E-state index in [9.17, 15) is 14.0 Å². The first kappa shape index (κ1) is 15.0. The topological polar surface area (TPSA) is 75.6 Å². The van der Waals surface area contributed by atoms with Crippen molar-refractivity contribution in [3.8, 4) is 5.75 Å². The maximum atomic E-state index is 13.5. The summed E-state index contributed by atoms with van der Waals surface area (Å²) in [5.74, 6) is -1.97. The molecule has 0 bridgehead atoms. The van der Waals surface area contributed by atoms with Gasteiger partial charge in [0.1, 0.15) is 4.88 Å². The number of hydrogen-bond donors (Lipinski definition) is 2. The number of benzene rings is 1. The van der Waals surface area contributed by atoms with E-state index in [4.69, 9.17) is 9.84 Å². The fraction of sp³-hybridized carbons (Fsp3) is 0.143. The van der Waals surface area contributed by atoms with Crippen molar-refractivity contribution in [1.29, 1.82) is 0 Å². The molecule has 0 fully saturated rings. The average Bonchev–Trinajstić information content (AvgIpc) is 2.87. The molecule has 0 saturated carbocycles. The molecule has 0 radical (unpaired) electrons. The largest absolute Gasteiger partial charge is 0.494 e. The zero-order valence-corrected chi connectivity index (χ0v) is 11.9. The number of rotatable bonds is 5. The molecule has 5 nitrogen and oxygen atoms in total. The van der Waals surface area contributed by atoms with Gasteiger partial charge < -0.3 is 15.2 Å². The van der Waals surface area contributed by atoms with Gasteiger partial charge in [-0.1, -0.05) is 6.07 Å². The number of nitrogens with one attached hydrogen (secondary N) is 1. The zero-order valence-electron chi connectivity index (χ0n) is 11.1. The molecule has 2 aromatic rings. The van der Waals surface area contributed by atoms with Crippen LogP contribution in [0.5, 0.6) is 5.75 Å². The molecule has 110 valence electrons. The number of hydrogen-bond acceptors (Lipinski definition) is 4. The van der Waals surface area contributed by atoms with E-state index in [0.717, 1.165) is 11.3 Å². The monoisotopic (exact) mass is 309 g/mol. The van der Waals surface area contributed by atoms with E-state index in [1.54, 1.807) is 11.4 Å². The molecule has 2 rings (SSSR count). The number of methoxy groups -OCH3 is 1. The summed E-state index contributed by atoms with van der Waals surface area (Å²) < 4.78 is 18.3. The van der Waals surface area contributed by atoms with Crippen molar-refractivity contribution in [2.24, 2.45) is 0 Å². The number of ether oxygens (including phenoxy) is 1. The number of halogens is 1. The van der Waals surface area contributed by atoms with Gasteiger partial charge in [-0.2, -0.15) is 0 Å². The Morgan fingerprint density at radius 1 is 1.38 bits per heavy atom. The Morgan fingerprint density at radius 3 is 2.76 bits per heavy atom. The molecule has 1 aromatic carbocycles. The second-order valence-electron chi connectivity index (χ2n) is 4.16. The maximum Gasteiger partial charge on any atom is 0.348 e. The van der Waals surface area contributed by atoms with Gasteiger partial charge in [-0.25, -0.2) is 9.18 Å². The van der Waals surface area contributed by atoms with Crippen LogP contribution in [0.15, 0.2) is 29.6 Å². The standard InChI is InChI=1S/C14H12FNO4S/c1-20-11-3-2-8(6-9(11)15)7-12(17)16-10-4-5-21-13(10)14(18)19/h2-6H,7H2,1H3,(H,16,17)(H,18,19). The van der Waals surface area contributed by atoms with Crippen LogP contribution in [0.2, 0.25) is 0 Å². The Kier molecular flexibility index (Phi) is 4.54. The number of carbonyl (C=O) groups excluding carboxylic acids is 1. The molecule has 1 amide bonds. The molecule has 0 aliphatic heterocycles. The summed E-state index contributed by atoms with van der Waals surface area (Å²) in [5.41, 5.74) is 0.712. The zero-order chi connectivity index (χ0) is 15.4. The number of amides is 1. The molecule has 2 N–H and O–H groups in total. The van der Waals surface area contributed by atoms with E-state index in [2.05, 4.69) is 5.32 Å². The number of aromatic carboxylic acids is 1. The first-order valence-electron chi connectivity index (χ1n) is 5.94. The van der Waals surface area contributed by atoms with Crippen LogP contribution in [-0.2, 0) is 11.2 Å². The minimum Gasteiger partial charge on any atom is -0.494 e. The lowest BCUT2D eigenvalue weighted by atomic mass is 10.1. The van der Waals surface area contributed by atoms with Crippen LogP contribution in [0, 0.1) is 5.82 Å². The molecule has 1 heterocycles. The van der Waals surface area contributed by atoms with Gasteiger partial charge in [0.05, 0.1) is 19.2 Å². The highest BCUT2D eigenvalue weighted by Crippen LogP contribution is 2.23. The highest BCUT2D eigenvalue weighted by molar-refractivity contribution is 7.12. The van der Waals surface area contributed by atoms with E-state index in [1.807, 2.05) is 0 Å². The first-order valence-corrected chi connectivity index (χ1v) is 6.82. The van der Waals surface area contributed by atoms with Gasteiger partial charge in [0.15, 0.2) is 11.6 Å². The Bertz CT molecular complexity index is 683. The number of carboxylic acids is 1. The van der Waals surface area contributed by atoms with Gasteiger partial charge in [0, 0.05) is 0 Å². The minimum absolute atomic E-state index is 0.0595. The highest BCUT2D eigenvalue weighted by Gasteiger charge is 2.14. The third-order valence-electron chi connectivity index (χ3n) is 2.71. The quantitative estimate of drug-likeness (QED) is 0.890. The van der Waals surface area contributed by atoms with Gasteiger partial charge >= 0.3 is 5.97 Å². The summed E-state index contributed by atoms with van der Waals surface area (Å²) in [6.07, 6.45) is -0.0597. The second kappa shape index (κ2) is 6.36. The molecule has 7 heteroatoms. The van der Waals surface area contributed by atoms with Crippen LogP contribution < -0.4 is 10.1 Å². The van der Waals surface area contributed by atoms with Crippen LogP contribution in [-0.4, -0.2) is 24.1 Å². The lowest BCUT2D eigenvalue weighted by Crippen LogP contribution is -2.15. The fourth-order valence-corrected chi connectivity index (χ4v) is 2.46. The van der Waals surface area contributed by atoms with Gasteiger partial charge in [-0.3, -0.25) is 4.79 Å². The van der Waals surface area contributed by atoms with Crippen molar-refractivity contribution >= 4 is 28.9 Å². The molecule has 0 saturated heterocycles. The van der Waals surface area contributed by atoms with Crippen molar-refractivity contribution in [2.75, 3.05) is 12.4 Å². The summed E-state index contributed by atoms with van der Waals surface area (Å²) >= 11 is 1.02. The molecule has 0 atom stereocenters. The molecule has 0 unspecified atom stereocenters. The van der Waals surface area contributed by atoms with Crippen molar-refractivity contribution in [3.05, 3.63) is 45.9 Å². The highest BCUT2D eigenvalue weighted by atomic mass is 32.1. The van der Waals surface area contributed by atoms with Crippen LogP contribution in [0.3, 0.4) is 0 Å². The molecular weight excluding hydrogens is 297 g/mol. The summed E-state index contributed by atoms with van der Waals surface area (Å²) in [5, 5.41) is 13.0. The Hall–Kier alpha value is -2.41. The molecular formula is C14H12FNO4S. The van der Waals surface area contributed by atoms with Crippen LogP contribution in [0.25, 0.3) is 0 Å². The predicted octanol–water partition coefficient (Wildman–Crippen LogP) is 2.78. The molecule has 1 aromatic heterocycles. The van der Waals surface area contributed by atoms with Crippen LogP contribution in [0.1, 0.15) is 15.2 Å². The predicted molar refractivity (Wildman–Crippen MR) is 76.6 cm³/mol. The van der Waals surface area contributed by atoms with E-state index in [1.165, 1.54) is 25.3 Å². The van der Waals surface area contributed by atoms with Crippen molar-refractivity contribution in [3.63, 3.8) is 0 Å². The molecule has 0 spiro atoms. The van der Waals surface area contributed by atoms with E-state index >= 15 is 0 Å². The normalized spacial score (nSPS) is 10.2. The Morgan fingerprint density at radius 2 is 2.14 bits per heavy atom. The summed E-state index contributed by atoms with van der Waals surface area (Å²) in [6, 6.07) is 5.74. The smallest absolute Gasteiger partial charge is 0.348 e. The van der Waals surface area contributed by atoms with Crippen molar-refractivity contribution in [2.45, 2.75) is 6.42 Å².